The Morgan fingerprint density at radius 3 is 2.47 bits per heavy atom. The molecule has 2 atom stereocenters. The van der Waals surface area contributed by atoms with Gasteiger partial charge in [0, 0.05) is 59.0 Å². The van der Waals surface area contributed by atoms with Crippen LogP contribution in [0.2, 0.25) is 0 Å². The summed E-state index contributed by atoms with van der Waals surface area (Å²) in [6, 6.07) is 10.4. The van der Waals surface area contributed by atoms with E-state index in [4.69, 9.17) is 9.73 Å². The Morgan fingerprint density at radius 2 is 1.80 bits per heavy atom. The number of aliphatic imine (C=N–C) groups is 1. The molecule has 30 heavy (non-hydrogen) atoms. The lowest BCUT2D eigenvalue weighted by Crippen LogP contribution is -2.46. The highest BCUT2D eigenvalue weighted by Gasteiger charge is 2.16. The third kappa shape index (κ3) is 10.9. The fourth-order valence-electron chi connectivity index (χ4n) is 3.48. The first-order valence-corrected chi connectivity index (χ1v) is 11.2. The van der Waals surface area contributed by atoms with Crippen LogP contribution in [0.1, 0.15) is 38.9 Å². The molecule has 1 aliphatic rings. The van der Waals surface area contributed by atoms with E-state index in [1.165, 1.54) is 31.7 Å². The number of likely N-dealkylation sites (N-methyl/N-ethyl adjacent to an activating group) is 1. The third-order valence-corrected chi connectivity index (χ3v) is 5.32. The van der Waals surface area contributed by atoms with Gasteiger partial charge in [0.05, 0.1) is 6.10 Å². The van der Waals surface area contributed by atoms with Crippen LogP contribution in [0.25, 0.3) is 0 Å². The summed E-state index contributed by atoms with van der Waals surface area (Å²) in [5.41, 5.74) is 1.23. The van der Waals surface area contributed by atoms with E-state index < -0.39 is 0 Å². The monoisotopic (exact) mass is 531 g/mol. The van der Waals surface area contributed by atoms with E-state index in [0.29, 0.717) is 5.92 Å². The number of rotatable bonds is 11. The number of ether oxygens (including phenoxy) is 1. The SMILES string of the molecule is CCNC(=NCC(C)CN1CCN(C)CC1)NCCCOC(C)c1ccccc1.I. The topological polar surface area (TPSA) is 52.1 Å². The smallest absolute Gasteiger partial charge is 0.191 e. The highest BCUT2D eigenvalue weighted by Crippen LogP contribution is 2.15. The van der Waals surface area contributed by atoms with Gasteiger partial charge in [0.25, 0.3) is 0 Å². The van der Waals surface area contributed by atoms with Crippen molar-refractivity contribution in [3.63, 3.8) is 0 Å². The molecule has 0 saturated carbocycles. The summed E-state index contributed by atoms with van der Waals surface area (Å²) in [6.45, 7) is 15.6. The van der Waals surface area contributed by atoms with Crippen molar-refractivity contribution in [3.05, 3.63) is 35.9 Å². The molecule has 0 spiro atoms. The van der Waals surface area contributed by atoms with Crippen molar-refractivity contribution in [1.82, 2.24) is 20.4 Å². The lowest BCUT2D eigenvalue weighted by molar-refractivity contribution is 0.0646. The van der Waals surface area contributed by atoms with E-state index in [0.717, 1.165) is 45.2 Å². The Labute approximate surface area is 200 Å². The number of guanidine groups is 1. The molecule has 0 bridgehead atoms. The molecule has 1 aromatic rings. The third-order valence-electron chi connectivity index (χ3n) is 5.32. The predicted octanol–water partition coefficient (Wildman–Crippen LogP) is 3.21. The summed E-state index contributed by atoms with van der Waals surface area (Å²) in [4.78, 5) is 9.75. The molecule has 2 N–H and O–H groups in total. The van der Waals surface area contributed by atoms with Crippen molar-refractivity contribution >= 4 is 29.9 Å². The minimum Gasteiger partial charge on any atom is -0.374 e. The second-order valence-electron chi connectivity index (χ2n) is 8.13. The Hall–Kier alpha value is -0.900. The molecule has 1 aliphatic heterocycles. The molecule has 6 nitrogen and oxygen atoms in total. The van der Waals surface area contributed by atoms with Crippen LogP contribution in [-0.4, -0.2) is 81.8 Å². The summed E-state index contributed by atoms with van der Waals surface area (Å²) >= 11 is 0. The summed E-state index contributed by atoms with van der Waals surface area (Å²) in [7, 11) is 2.20. The van der Waals surface area contributed by atoms with Crippen LogP contribution in [-0.2, 0) is 4.74 Å². The number of piperazine rings is 1. The number of hydrogen-bond acceptors (Lipinski definition) is 4. The molecule has 0 aromatic heterocycles. The van der Waals surface area contributed by atoms with Crippen LogP contribution >= 0.6 is 24.0 Å². The number of nitrogens with one attached hydrogen (secondary N) is 2. The molecular weight excluding hydrogens is 489 g/mol. The molecule has 1 heterocycles. The van der Waals surface area contributed by atoms with Crippen molar-refractivity contribution in [2.24, 2.45) is 10.9 Å². The van der Waals surface area contributed by atoms with Crippen LogP contribution in [0.4, 0.5) is 0 Å². The molecular formula is C23H42IN5O. The lowest BCUT2D eigenvalue weighted by atomic mass is 10.1. The van der Waals surface area contributed by atoms with Gasteiger partial charge in [-0.05, 0) is 38.8 Å². The molecule has 2 unspecified atom stereocenters. The largest absolute Gasteiger partial charge is 0.374 e. The molecule has 1 saturated heterocycles. The molecule has 7 heteroatoms. The van der Waals surface area contributed by atoms with E-state index in [2.05, 4.69) is 72.5 Å². The van der Waals surface area contributed by atoms with Gasteiger partial charge < -0.3 is 25.2 Å². The van der Waals surface area contributed by atoms with Crippen molar-refractivity contribution < 1.29 is 4.74 Å². The second kappa shape index (κ2) is 15.8. The van der Waals surface area contributed by atoms with Crippen molar-refractivity contribution in [2.45, 2.75) is 33.3 Å². The summed E-state index contributed by atoms with van der Waals surface area (Å²) < 4.78 is 5.95. The van der Waals surface area contributed by atoms with Crippen LogP contribution in [0.3, 0.4) is 0 Å². The standard InChI is InChI=1S/C23H41N5O.HI/c1-5-24-23(26-18-20(2)19-28-15-13-27(4)14-16-28)25-12-9-17-29-21(3)22-10-7-6-8-11-22;/h6-8,10-11,20-21H,5,9,12-19H2,1-4H3,(H2,24,25,26);1H. The number of hydrogen-bond donors (Lipinski definition) is 2. The Kier molecular flexibility index (Phi) is 14.3. The van der Waals surface area contributed by atoms with E-state index in [1.807, 2.05) is 6.07 Å². The zero-order chi connectivity index (χ0) is 20.9. The predicted molar refractivity (Wildman–Crippen MR) is 138 cm³/mol. The van der Waals surface area contributed by atoms with Gasteiger partial charge in [-0.1, -0.05) is 37.3 Å². The van der Waals surface area contributed by atoms with Gasteiger partial charge in [-0.2, -0.15) is 0 Å². The number of halogens is 1. The van der Waals surface area contributed by atoms with Gasteiger partial charge in [0.2, 0.25) is 0 Å². The zero-order valence-corrected chi connectivity index (χ0v) is 21.6. The molecule has 1 aromatic carbocycles. The Bertz CT molecular complexity index is 578. The first kappa shape index (κ1) is 27.1. The number of benzene rings is 1. The maximum absolute atomic E-state index is 5.95. The summed E-state index contributed by atoms with van der Waals surface area (Å²) in [5.74, 6) is 1.47. The highest BCUT2D eigenvalue weighted by molar-refractivity contribution is 14.0. The van der Waals surface area contributed by atoms with Crippen LogP contribution in [0, 0.1) is 5.92 Å². The molecule has 0 amide bonds. The van der Waals surface area contributed by atoms with Crippen molar-refractivity contribution in [3.8, 4) is 0 Å². The first-order chi connectivity index (χ1) is 14.1. The van der Waals surface area contributed by atoms with Gasteiger partial charge >= 0.3 is 0 Å². The van der Waals surface area contributed by atoms with Crippen molar-refractivity contribution in [1.29, 1.82) is 0 Å². The molecule has 0 aliphatic carbocycles. The maximum Gasteiger partial charge on any atom is 0.191 e. The van der Waals surface area contributed by atoms with E-state index in [-0.39, 0.29) is 30.1 Å². The maximum atomic E-state index is 5.95. The minimum atomic E-state index is 0. The van der Waals surface area contributed by atoms with Gasteiger partial charge in [0.15, 0.2) is 5.96 Å². The molecule has 0 radical (unpaired) electrons. The second-order valence-corrected chi connectivity index (χ2v) is 8.13. The van der Waals surface area contributed by atoms with Gasteiger partial charge in [-0.25, -0.2) is 0 Å². The molecule has 2 rings (SSSR count). The lowest BCUT2D eigenvalue weighted by Gasteiger charge is -2.33. The fraction of sp³-hybridized carbons (Fsp3) is 0.696. The summed E-state index contributed by atoms with van der Waals surface area (Å²) in [5, 5.41) is 6.79. The summed E-state index contributed by atoms with van der Waals surface area (Å²) in [6.07, 6.45) is 1.09. The van der Waals surface area contributed by atoms with E-state index in [1.54, 1.807) is 0 Å². The van der Waals surface area contributed by atoms with Crippen LogP contribution in [0.5, 0.6) is 0 Å². The molecule has 1 fully saturated rings. The minimum absolute atomic E-state index is 0. The number of nitrogens with zero attached hydrogens (tertiary/aromatic N) is 3. The Balaban J connectivity index is 0.00000450. The Morgan fingerprint density at radius 1 is 1.10 bits per heavy atom. The van der Waals surface area contributed by atoms with E-state index in [9.17, 15) is 0 Å². The van der Waals surface area contributed by atoms with Crippen LogP contribution in [0.15, 0.2) is 35.3 Å². The highest BCUT2D eigenvalue weighted by atomic mass is 127. The first-order valence-electron chi connectivity index (χ1n) is 11.2. The van der Waals surface area contributed by atoms with Gasteiger partial charge in [-0.3, -0.25) is 4.99 Å². The van der Waals surface area contributed by atoms with Gasteiger partial charge in [-0.15, -0.1) is 24.0 Å². The fourth-order valence-corrected chi connectivity index (χ4v) is 3.48. The van der Waals surface area contributed by atoms with Crippen LogP contribution < -0.4 is 10.6 Å². The molecule has 172 valence electrons. The normalized spacial score (nSPS) is 17.8. The average molecular weight is 532 g/mol. The van der Waals surface area contributed by atoms with Crippen molar-refractivity contribution in [2.75, 3.05) is 66.0 Å². The quantitative estimate of drug-likeness (QED) is 0.199. The van der Waals surface area contributed by atoms with E-state index >= 15 is 0 Å². The zero-order valence-electron chi connectivity index (χ0n) is 19.3. The van der Waals surface area contributed by atoms with Gasteiger partial charge in [0.1, 0.15) is 0 Å². The average Bonchev–Trinajstić information content (AvgIpc) is 2.74.